The third kappa shape index (κ3) is 1.28. The van der Waals surface area contributed by atoms with Crippen molar-refractivity contribution in [2.45, 2.75) is 44.6 Å². The lowest BCUT2D eigenvalue weighted by molar-refractivity contribution is 0.348. The van der Waals surface area contributed by atoms with Crippen molar-refractivity contribution in [1.82, 2.24) is 5.32 Å². The smallest absolute Gasteiger partial charge is 0.00981 e. The highest BCUT2D eigenvalue weighted by molar-refractivity contribution is 4.94. The number of fused-ring (bicyclic) bond motifs is 2. The molecule has 1 nitrogen and oxygen atoms in total. The van der Waals surface area contributed by atoms with E-state index < -0.39 is 0 Å². The van der Waals surface area contributed by atoms with Gasteiger partial charge in [-0.3, -0.25) is 0 Å². The van der Waals surface area contributed by atoms with Gasteiger partial charge >= 0.3 is 0 Å². The maximum absolute atomic E-state index is 3.77. The Balaban J connectivity index is 1.50. The highest BCUT2D eigenvalue weighted by Gasteiger charge is 2.39. The minimum Gasteiger partial charge on any atom is -0.313 e. The average Bonchev–Trinajstić information content (AvgIpc) is 2.69. The third-order valence-electron chi connectivity index (χ3n) is 4.10. The van der Waals surface area contributed by atoms with Crippen LogP contribution in [0.4, 0.5) is 0 Å². The van der Waals surface area contributed by atoms with Gasteiger partial charge in [-0.1, -0.05) is 6.42 Å². The van der Waals surface area contributed by atoms with E-state index in [1.54, 1.807) is 6.42 Å². The van der Waals surface area contributed by atoms with E-state index in [9.17, 15) is 0 Å². The zero-order valence-corrected chi connectivity index (χ0v) is 7.76. The van der Waals surface area contributed by atoms with Gasteiger partial charge in [-0.25, -0.2) is 0 Å². The topological polar surface area (TPSA) is 12.0 Å². The van der Waals surface area contributed by atoms with Gasteiger partial charge in [0.1, 0.15) is 0 Å². The number of hydrogen-bond acceptors (Lipinski definition) is 1. The summed E-state index contributed by atoms with van der Waals surface area (Å²) in [4.78, 5) is 0. The van der Waals surface area contributed by atoms with Crippen LogP contribution < -0.4 is 5.32 Å². The van der Waals surface area contributed by atoms with Crippen molar-refractivity contribution in [2.75, 3.05) is 6.54 Å². The first-order chi connectivity index (χ1) is 5.92. The van der Waals surface area contributed by atoms with E-state index in [-0.39, 0.29) is 0 Å². The van der Waals surface area contributed by atoms with Crippen LogP contribution in [-0.4, -0.2) is 12.6 Å². The van der Waals surface area contributed by atoms with Crippen LogP contribution in [0.2, 0.25) is 0 Å². The fourth-order valence-electron chi connectivity index (χ4n) is 3.13. The zero-order valence-electron chi connectivity index (χ0n) is 7.76. The highest BCUT2D eigenvalue weighted by Crippen LogP contribution is 2.44. The van der Waals surface area contributed by atoms with Gasteiger partial charge in [-0.2, -0.15) is 0 Å². The van der Waals surface area contributed by atoms with Crippen molar-refractivity contribution in [3.63, 3.8) is 0 Å². The molecule has 1 heteroatoms. The van der Waals surface area contributed by atoms with Crippen LogP contribution in [0.5, 0.6) is 0 Å². The fourth-order valence-corrected chi connectivity index (χ4v) is 3.13. The molecule has 0 amide bonds. The Bertz CT molecular complexity index is 174. The second-order valence-electron chi connectivity index (χ2n) is 5.13. The van der Waals surface area contributed by atoms with Gasteiger partial charge in [0, 0.05) is 6.04 Å². The lowest BCUT2D eigenvalue weighted by Crippen LogP contribution is -2.35. The largest absolute Gasteiger partial charge is 0.313 e. The summed E-state index contributed by atoms with van der Waals surface area (Å²) in [6.45, 7) is 1.33. The molecule has 0 spiro atoms. The molecule has 1 N–H and O–H groups in total. The molecule has 0 aromatic rings. The first-order valence-electron chi connectivity index (χ1n) is 5.65. The maximum Gasteiger partial charge on any atom is 0.00981 e. The predicted octanol–water partition coefficient (Wildman–Crippen LogP) is 2.17. The Kier molecular flexibility index (Phi) is 1.68. The van der Waals surface area contributed by atoms with Crippen LogP contribution in [0.25, 0.3) is 0 Å². The molecular formula is C11H19N. The molecular weight excluding hydrogens is 146 g/mol. The second-order valence-corrected chi connectivity index (χ2v) is 5.13. The lowest BCUT2D eigenvalue weighted by atomic mass is 9.95. The van der Waals surface area contributed by atoms with Gasteiger partial charge in [-0.05, 0) is 56.4 Å². The number of hydrogen-bond donors (Lipinski definition) is 1. The Morgan fingerprint density at radius 3 is 2.50 bits per heavy atom. The van der Waals surface area contributed by atoms with Crippen molar-refractivity contribution in [1.29, 1.82) is 0 Å². The summed E-state index contributed by atoms with van der Waals surface area (Å²) in [5.41, 5.74) is 0. The van der Waals surface area contributed by atoms with Crippen molar-refractivity contribution in [3.8, 4) is 0 Å². The van der Waals surface area contributed by atoms with E-state index in [1.165, 1.54) is 38.6 Å². The average molecular weight is 165 g/mol. The van der Waals surface area contributed by atoms with Gasteiger partial charge in [0.25, 0.3) is 0 Å². The van der Waals surface area contributed by atoms with E-state index in [0.29, 0.717) is 0 Å². The molecule has 12 heavy (non-hydrogen) atoms. The second kappa shape index (κ2) is 2.73. The van der Waals surface area contributed by atoms with Gasteiger partial charge < -0.3 is 5.32 Å². The SMILES string of the molecule is C1CC1CN[C@@H]1C[C@@H]2CC[C@@H]1C2. The van der Waals surface area contributed by atoms with Crippen LogP contribution in [0.1, 0.15) is 38.5 Å². The summed E-state index contributed by atoms with van der Waals surface area (Å²) in [5.74, 6) is 3.23. The van der Waals surface area contributed by atoms with E-state index in [1.807, 2.05) is 0 Å². The molecule has 0 heterocycles. The molecule has 3 fully saturated rings. The molecule has 0 radical (unpaired) electrons. The normalized spacial score (nSPS) is 45.5. The van der Waals surface area contributed by atoms with Crippen molar-refractivity contribution < 1.29 is 0 Å². The number of rotatable bonds is 3. The van der Waals surface area contributed by atoms with Crippen LogP contribution >= 0.6 is 0 Å². The van der Waals surface area contributed by atoms with E-state index in [4.69, 9.17) is 0 Å². The molecule has 0 unspecified atom stereocenters. The fraction of sp³-hybridized carbons (Fsp3) is 1.00. The van der Waals surface area contributed by atoms with Crippen LogP contribution in [-0.2, 0) is 0 Å². The van der Waals surface area contributed by atoms with E-state index >= 15 is 0 Å². The number of nitrogens with one attached hydrogen (secondary N) is 1. The quantitative estimate of drug-likeness (QED) is 0.676. The van der Waals surface area contributed by atoms with Crippen LogP contribution in [0, 0.1) is 17.8 Å². The first kappa shape index (κ1) is 7.37. The van der Waals surface area contributed by atoms with Crippen LogP contribution in [0.3, 0.4) is 0 Å². The first-order valence-corrected chi connectivity index (χ1v) is 5.65. The van der Waals surface area contributed by atoms with Crippen LogP contribution in [0.15, 0.2) is 0 Å². The molecule has 68 valence electrons. The Morgan fingerprint density at radius 2 is 1.92 bits per heavy atom. The molecule has 3 saturated carbocycles. The van der Waals surface area contributed by atoms with Crippen molar-refractivity contribution in [3.05, 3.63) is 0 Å². The minimum atomic E-state index is 0.921. The molecule has 3 atom stereocenters. The molecule has 2 bridgehead atoms. The predicted molar refractivity (Wildman–Crippen MR) is 50.0 cm³/mol. The van der Waals surface area contributed by atoms with Gasteiger partial charge in [0.15, 0.2) is 0 Å². The highest BCUT2D eigenvalue weighted by atomic mass is 14.9. The zero-order chi connectivity index (χ0) is 7.97. The Hall–Kier alpha value is -0.0400. The van der Waals surface area contributed by atoms with Crippen molar-refractivity contribution in [2.24, 2.45) is 17.8 Å². The van der Waals surface area contributed by atoms with Gasteiger partial charge in [0.05, 0.1) is 0 Å². The summed E-state index contributed by atoms with van der Waals surface area (Å²) in [7, 11) is 0. The van der Waals surface area contributed by atoms with E-state index in [0.717, 1.165) is 23.8 Å². The molecule has 0 aliphatic heterocycles. The molecule has 0 aromatic heterocycles. The standard InChI is InChI=1S/C11H19N/c1-2-8(1)7-12-11-6-9-3-4-10(11)5-9/h8-12H,1-7H2/t9-,10-,11-/m1/s1. The molecule has 3 aliphatic carbocycles. The summed E-state index contributed by atoms with van der Waals surface area (Å²) in [5, 5.41) is 3.77. The van der Waals surface area contributed by atoms with E-state index in [2.05, 4.69) is 5.32 Å². The molecule has 3 aliphatic rings. The summed E-state index contributed by atoms with van der Waals surface area (Å²) in [6, 6.07) is 0.921. The van der Waals surface area contributed by atoms with Gasteiger partial charge in [-0.15, -0.1) is 0 Å². The summed E-state index contributed by atoms with van der Waals surface area (Å²) in [6.07, 6.45) is 9.08. The minimum absolute atomic E-state index is 0.921. The molecule has 3 rings (SSSR count). The van der Waals surface area contributed by atoms with Crippen molar-refractivity contribution >= 4 is 0 Å². The summed E-state index contributed by atoms with van der Waals surface area (Å²) >= 11 is 0. The Morgan fingerprint density at radius 1 is 1.00 bits per heavy atom. The summed E-state index contributed by atoms with van der Waals surface area (Å²) < 4.78 is 0. The third-order valence-corrected chi connectivity index (χ3v) is 4.10. The molecule has 0 aromatic carbocycles. The van der Waals surface area contributed by atoms with Gasteiger partial charge in [0.2, 0.25) is 0 Å². The lowest BCUT2D eigenvalue weighted by Gasteiger charge is -2.22. The Labute approximate surface area is 74.9 Å². The monoisotopic (exact) mass is 165 g/mol. The molecule has 0 saturated heterocycles. The maximum atomic E-state index is 3.77.